The summed E-state index contributed by atoms with van der Waals surface area (Å²) in [5.41, 5.74) is 2.15. The van der Waals surface area contributed by atoms with Crippen LogP contribution in [-0.4, -0.2) is 49.4 Å². The predicted octanol–water partition coefficient (Wildman–Crippen LogP) is 3.96. The van der Waals surface area contributed by atoms with Gasteiger partial charge in [-0.3, -0.25) is 0 Å². The molecule has 2 unspecified atom stereocenters. The first-order chi connectivity index (χ1) is 14.4. The lowest BCUT2D eigenvalue weighted by atomic mass is 9.78. The minimum atomic E-state index is -0.679. The lowest BCUT2D eigenvalue weighted by molar-refractivity contribution is 0.0214. The summed E-state index contributed by atoms with van der Waals surface area (Å²) >= 11 is 0. The minimum absolute atomic E-state index is 0.114. The molecule has 0 aliphatic rings. The highest BCUT2D eigenvalue weighted by Gasteiger charge is 2.23. The normalized spacial score (nSPS) is 13.5. The maximum absolute atomic E-state index is 9.87. The smallest absolute Gasteiger partial charge is 0.119 e. The molecule has 0 saturated heterocycles. The van der Waals surface area contributed by atoms with Crippen molar-refractivity contribution in [2.75, 3.05) is 33.0 Å². The maximum Gasteiger partial charge on any atom is 0.119 e. The zero-order chi connectivity index (χ0) is 22.0. The third-order valence-electron chi connectivity index (χ3n) is 4.99. The van der Waals surface area contributed by atoms with E-state index in [0.29, 0.717) is 19.0 Å². The maximum atomic E-state index is 9.87. The molecule has 0 aliphatic carbocycles. The lowest BCUT2D eigenvalue weighted by Gasteiger charge is -2.26. The van der Waals surface area contributed by atoms with Gasteiger partial charge < -0.3 is 24.4 Å². The summed E-state index contributed by atoms with van der Waals surface area (Å²) < 4.78 is 16.6. The molecule has 2 atom stereocenters. The van der Waals surface area contributed by atoms with Crippen LogP contribution in [0.25, 0.3) is 0 Å². The average Bonchev–Trinajstić information content (AvgIpc) is 2.76. The average molecular weight is 415 g/mol. The van der Waals surface area contributed by atoms with E-state index >= 15 is 0 Å². The molecule has 30 heavy (non-hydrogen) atoms. The van der Waals surface area contributed by atoms with Gasteiger partial charge in [-0.2, -0.15) is 0 Å². The van der Waals surface area contributed by atoms with E-state index in [0.717, 1.165) is 11.3 Å². The van der Waals surface area contributed by atoms with Gasteiger partial charge >= 0.3 is 0 Å². The molecular weight excluding hydrogens is 380 g/mol. The van der Waals surface area contributed by atoms with Gasteiger partial charge in [-0.1, -0.05) is 51.1 Å². The molecule has 0 bridgehead atoms. The second-order valence-electron chi connectivity index (χ2n) is 8.06. The monoisotopic (exact) mass is 414 g/mol. The van der Waals surface area contributed by atoms with Crippen LogP contribution in [0.2, 0.25) is 0 Å². The molecule has 0 fully saturated rings. The molecule has 2 aromatic rings. The van der Waals surface area contributed by atoms with Crippen LogP contribution in [0.5, 0.6) is 11.5 Å². The van der Waals surface area contributed by atoms with E-state index in [4.69, 9.17) is 19.3 Å². The van der Waals surface area contributed by atoms with Crippen LogP contribution >= 0.6 is 0 Å². The summed E-state index contributed by atoms with van der Waals surface area (Å²) in [5, 5.41) is 19.0. The summed E-state index contributed by atoms with van der Waals surface area (Å²) in [7, 11) is 0. The highest BCUT2D eigenvalue weighted by Crippen LogP contribution is 2.33. The summed E-state index contributed by atoms with van der Waals surface area (Å²) in [6, 6.07) is 16.0. The van der Waals surface area contributed by atoms with E-state index in [2.05, 4.69) is 32.6 Å². The van der Waals surface area contributed by atoms with Gasteiger partial charge in [0.2, 0.25) is 0 Å². The van der Waals surface area contributed by atoms with Gasteiger partial charge in [0.05, 0.1) is 19.8 Å². The van der Waals surface area contributed by atoms with Crippen LogP contribution in [0.1, 0.15) is 31.9 Å². The molecule has 2 aromatic carbocycles. The van der Waals surface area contributed by atoms with Crippen molar-refractivity contribution < 1.29 is 24.4 Å². The second kappa shape index (κ2) is 11.7. The third-order valence-corrected chi connectivity index (χ3v) is 4.99. The Morgan fingerprint density at radius 2 is 1.40 bits per heavy atom. The van der Waals surface area contributed by atoms with Crippen molar-refractivity contribution in [1.29, 1.82) is 0 Å². The van der Waals surface area contributed by atoms with Crippen LogP contribution in [0.3, 0.4) is 0 Å². The number of aliphatic hydroxyl groups is 2. The van der Waals surface area contributed by atoms with Gasteiger partial charge in [-0.05, 0) is 35.4 Å². The number of hydrogen-bond acceptors (Lipinski definition) is 5. The Hall–Kier alpha value is -2.34. The standard InChI is InChI=1S/C25H34O5/c1-5-14-28-17-22(27)18-30-24-12-8-21(9-13-24)25(3,4)20-6-10-23(11-7-20)29-16-19(2)15-26/h5-13,19,22,26-27H,1,14-18H2,2-4H3. The first kappa shape index (κ1) is 23.9. The van der Waals surface area contributed by atoms with E-state index < -0.39 is 6.10 Å². The Kier molecular flexibility index (Phi) is 9.37. The quantitative estimate of drug-likeness (QED) is 0.384. The topological polar surface area (TPSA) is 68.2 Å². The van der Waals surface area contributed by atoms with Crippen LogP contribution in [-0.2, 0) is 10.2 Å². The fourth-order valence-corrected chi connectivity index (χ4v) is 2.92. The van der Waals surface area contributed by atoms with Crippen LogP contribution in [0.4, 0.5) is 0 Å². The zero-order valence-electron chi connectivity index (χ0n) is 18.2. The van der Waals surface area contributed by atoms with Gasteiger partial charge in [0.25, 0.3) is 0 Å². The van der Waals surface area contributed by atoms with E-state index in [1.54, 1.807) is 6.08 Å². The lowest BCUT2D eigenvalue weighted by Crippen LogP contribution is -2.23. The van der Waals surface area contributed by atoms with Crippen molar-refractivity contribution >= 4 is 0 Å². The molecule has 0 aromatic heterocycles. The number of hydrogen-bond donors (Lipinski definition) is 2. The molecule has 0 radical (unpaired) electrons. The number of ether oxygens (including phenoxy) is 3. The highest BCUT2D eigenvalue weighted by molar-refractivity contribution is 5.41. The number of benzene rings is 2. The van der Waals surface area contributed by atoms with Crippen molar-refractivity contribution in [1.82, 2.24) is 0 Å². The summed E-state index contributed by atoms with van der Waals surface area (Å²) in [6.07, 6.45) is 0.967. The molecule has 2 rings (SSSR count). The van der Waals surface area contributed by atoms with Crippen LogP contribution in [0, 0.1) is 5.92 Å². The molecule has 5 heteroatoms. The predicted molar refractivity (Wildman–Crippen MR) is 119 cm³/mol. The van der Waals surface area contributed by atoms with Crippen molar-refractivity contribution in [2.45, 2.75) is 32.3 Å². The Morgan fingerprint density at radius 3 is 1.87 bits per heavy atom. The van der Waals surface area contributed by atoms with Crippen molar-refractivity contribution in [3.8, 4) is 11.5 Å². The molecule has 0 heterocycles. The number of rotatable bonds is 13. The van der Waals surface area contributed by atoms with Gasteiger partial charge in [0.15, 0.2) is 0 Å². The van der Waals surface area contributed by atoms with Crippen molar-refractivity contribution in [3.05, 3.63) is 72.3 Å². The van der Waals surface area contributed by atoms with Gasteiger partial charge in [-0.15, -0.1) is 6.58 Å². The SMILES string of the molecule is C=CCOCC(O)COc1ccc(C(C)(C)c2ccc(OCC(C)CO)cc2)cc1. The van der Waals surface area contributed by atoms with Crippen molar-refractivity contribution in [2.24, 2.45) is 5.92 Å². The zero-order valence-corrected chi connectivity index (χ0v) is 18.2. The van der Waals surface area contributed by atoms with Gasteiger partial charge in [0.1, 0.15) is 24.2 Å². The van der Waals surface area contributed by atoms with E-state index in [1.807, 2.05) is 43.3 Å². The molecule has 5 nitrogen and oxygen atoms in total. The molecule has 0 amide bonds. The Labute approximate surface area is 179 Å². The molecule has 0 aliphatic heterocycles. The van der Waals surface area contributed by atoms with Crippen LogP contribution < -0.4 is 9.47 Å². The van der Waals surface area contributed by atoms with Gasteiger partial charge in [-0.25, -0.2) is 0 Å². The van der Waals surface area contributed by atoms with E-state index in [-0.39, 0.29) is 31.2 Å². The molecule has 164 valence electrons. The summed E-state index contributed by atoms with van der Waals surface area (Å²) in [6.45, 7) is 11.3. The summed E-state index contributed by atoms with van der Waals surface area (Å²) in [4.78, 5) is 0. The molecular formula is C25H34O5. The number of aliphatic hydroxyl groups excluding tert-OH is 2. The fraction of sp³-hybridized carbons (Fsp3) is 0.440. The van der Waals surface area contributed by atoms with E-state index in [9.17, 15) is 5.11 Å². The van der Waals surface area contributed by atoms with Gasteiger partial charge in [0, 0.05) is 17.9 Å². The second-order valence-corrected chi connectivity index (χ2v) is 8.06. The Balaban J connectivity index is 1.94. The van der Waals surface area contributed by atoms with Crippen molar-refractivity contribution in [3.63, 3.8) is 0 Å². The molecule has 0 spiro atoms. The largest absolute Gasteiger partial charge is 0.493 e. The first-order valence-corrected chi connectivity index (χ1v) is 10.3. The minimum Gasteiger partial charge on any atom is -0.493 e. The Bertz CT molecular complexity index is 752. The molecule has 0 saturated carbocycles. The Morgan fingerprint density at radius 1 is 0.900 bits per heavy atom. The first-order valence-electron chi connectivity index (χ1n) is 10.3. The van der Waals surface area contributed by atoms with Crippen LogP contribution in [0.15, 0.2) is 61.2 Å². The fourth-order valence-electron chi connectivity index (χ4n) is 2.92. The van der Waals surface area contributed by atoms with E-state index in [1.165, 1.54) is 5.56 Å². The molecule has 2 N–H and O–H groups in total. The highest BCUT2D eigenvalue weighted by atomic mass is 16.5. The summed E-state index contributed by atoms with van der Waals surface area (Å²) in [5.74, 6) is 1.62. The third kappa shape index (κ3) is 7.17.